The number of alkyl halides is 2. The Bertz CT molecular complexity index is 628. The van der Waals surface area contributed by atoms with Gasteiger partial charge in [0.05, 0.1) is 9.92 Å². The summed E-state index contributed by atoms with van der Waals surface area (Å²) in [4.78, 5) is -0.114. The van der Waals surface area contributed by atoms with Gasteiger partial charge in [0.1, 0.15) is 5.75 Å². The van der Waals surface area contributed by atoms with Crippen LogP contribution in [-0.4, -0.2) is 27.1 Å². The summed E-state index contributed by atoms with van der Waals surface area (Å²) in [5.41, 5.74) is 5.92. The van der Waals surface area contributed by atoms with Crippen molar-refractivity contribution in [1.82, 2.24) is 4.72 Å². The van der Waals surface area contributed by atoms with Gasteiger partial charge in [0.2, 0.25) is 10.0 Å². The van der Waals surface area contributed by atoms with E-state index in [0.717, 1.165) is 31.4 Å². The Morgan fingerprint density at radius 3 is 2.59 bits per heavy atom. The van der Waals surface area contributed by atoms with Gasteiger partial charge in [-0.1, -0.05) is 24.4 Å². The molecule has 9 heteroatoms. The number of nitrogens with two attached hydrogens (primary N) is 1. The molecule has 0 bridgehead atoms. The van der Waals surface area contributed by atoms with Crippen LogP contribution in [0.25, 0.3) is 0 Å². The molecule has 0 heterocycles. The van der Waals surface area contributed by atoms with Crippen LogP contribution >= 0.6 is 11.6 Å². The zero-order valence-electron chi connectivity index (χ0n) is 11.6. The van der Waals surface area contributed by atoms with Crippen LogP contribution in [0.2, 0.25) is 5.02 Å². The number of hydrogen-bond acceptors (Lipinski definition) is 4. The molecular weight excluding hydrogens is 338 g/mol. The van der Waals surface area contributed by atoms with Gasteiger partial charge < -0.3 is 10.5 Å². The second-order valence-corrected chi connectivity index (χ2v) is 7.27. The quantitative estimate of drug-likeness (QED) is 0.851. The first kappa shape index (κ1) is 17.4. The first-order valence-corrected chi connectivity index (χ1v) is 8.68. The maximum atomic E-state index is 12.3. The maximum Gasteiger partial charge on any atom is 0.387 e. The van der Waals surface area contributed by atoms with Gasteiger partial charge in [-0.2, -0.15) is 8.78 Å². The van der Waals surface area contributed by atoms with Crippen molar-refractivity contribution in [3.8, 4) is 5.75 Å². The molecule has 1 aliphatic rings. The molecule has 0 radical (unpaired) electrons. The van der Waals surface area contributed by atoms with Crippen LogP contribution in [-0.2, 0) is 10.0 Å². The topological polar surface area (TPSA) is 81.4 Å². The summed E-state index contributed by atoms with van der Waals surface area (Å²) in [6.07, 6.45) is 3.31. The molecule has 1 saturated carbocycles. The largest absolute Gasteiger partial charge is 0.433 e. The molecule has 0 aliphatic heterocycles. The van der Waals surface area contributed by atoms with Crippen LogP contribution in [0.15, 0.2) is 23.1 Å². The third-order valence-corrected chi connectivity index (χ3v) is 5.34. The third kappa shape index (κ3) is 4.28. The highest BCUT2D eigenvalue weighted by Crippen LogP contribution is 2.29. The van der Waals surface area contributed by atoms with E-state index in [2.05, 4.69) is 9.46 Å². The number of nitrogens with one attached hydrogen (secondary N) is 1. The Kier molecular flexibility index (Phi) is 5.60. The number of rotatable bonds is 5. The molecule has 1 fully saturated rings. The van der Waals surface area contributed by atoms with Crippen molar-refractivity contribution in [2.24, 2.45) is 5.73 Å². The fraction of sp³-hybridized carbons (Fsp3) is 0.538. The maximum absolute atomic E-state index is 12.3. The third-order valence-electron chi connectivity index (χ3n) is 3.56. The second-order valence-electron chi connectivity index (χ2n) is 5.15. The smallest absolute Gasteiger partial charge is 0.387 e. The average Bonchev–Trinajstić information content (AvgIpc) is 2.43. The Labute approximate surface area is 132 Å². The van der Waals surface area contributed by atoms with Crippen LogP contribution in [0.4, 0.5) is 8.78 Å². The molecule has 2 rings (SSSR count). The van der Waals surface area contributed by atoms with E-state index in [9.17, 15) is 17.2 Å². The first-order valence-electron chi connectivity index (χ1n) is 6.82. The van der Waals surface area contributed by atoms with E-state index >= 15 is 0 Å². The molecular formula is C13H17ClF2N2O3S. The van der Waals surface area contributed by atoms with Gasteiger partial charge in [0.15, 0.2) is 0 Å². The molecule has 0 aromatic heterocycles. The van der Waals surface area contributed by atoms with E-state index < -0.39 is 16.6 Å². The molecule has 0 saturated heterocycles. The summed E-state index contributed by atoms with van der Waals surface area (Å²) >= 11 is 5.78. The summed E-state index contributed by atoms with van der Waals surface area (Å²) in [6.45, 7) is -3.03. The highest BCUT2D eigenvalue weighted by atomic mass is 35.5. The predicted molar refractivity (Wildman–Crippen MR) is 78.6 cm³/mol. The van der Waals surface area contributed by atoms with Crippen molar-refractivity contribution in [2.45, 2.75) is 49.3 Å². The minimum Gasteiger partial charge on any atom is -0.433 e. The standard InChI is InChI=1S/C13H17ClF2N2O3S/c14-9-7-8(5-6-12(9)21-13(15)16)22(19,20)18-11-4-2-1-3-10(11)17/h5-7,10-11,13,18H,1-4,17H2/t10-,11-/m1/s1. The van der Waals surface area contributed by atoms with Gasteiger partial charge in [-0.3, -0.25) is 0 Å². The van der Waals surface area contributed by atoms with Crippen molar-refractivity contribution in [3.63, 3.8) is 0 Å². The zero-order valence-corrected chi connectivity index (χ0v) is 13.2. The number of hydrogen-bond donors (Lipinski definition) is 2. The van der Waals surface area contributed by atoms with Crippen molar-refractivity contribution >= 4 is 21.6 Å². The van der Waals surface area contributed by atoms with E-state index in [1.807, 2.05) is 0 Å². The lowest BCUT2D eigenvalue weighted by Crippen LogP contribution is -2.49. The van der Waals surface area contributed by atoms with Crippen LogP contribution in [0.3, 0.4) is 0 Å². The molecule has 1 aliphatic carbocycles. The highest BCUT2D eigenvalue weighted by molar-refractivity contribution is 7.89. The Morgan fingerprint density at radius 1 is 1.32 bits per heavy atom. The fourth-order valence-corrected chi connectivity index (χ4v) is 4.05. The van der Waals surface area contributed by atoms with Crippen LogP contribution in [0.1, 0.15) is 25.7 Å². The number of benzene rings is 1. The fourth-order valence-electron chi connectivity index (χ4n) is 2.41. The first-order chi connectivity index (χ1) is 10.3. The monoisotopic (exact) mass is 354 g/mol. The van der Waals surface area contributed by atoms with Crippen molar-refractivity contribution in [3.05, 3.63) is 23.2 Å². The highest BCUT2D eigenvalue weighted by Gasteiger charge is 2.27. The van der Waals surface area contributed by atoms with E-state index in [0.29, 0.717) is 6.42 Å². The minimum atomic E-state index is -3.82. The molecule has 5 nitrogen and oxygen atoms in total. The SMILES string of the molecule is N[C@@H]1CCCC[C@H]1NS(=O)(=O)c1ccc(OC(F)F)c(Cl)c1. The lowest BCUT2D eigenvalue weighted by atomic mass is 9.92. The lowest BCUT2D eigenvalue weighted by molar-refractivity contribution is -0.0498. The molecule has 124 valence electrons. The Hall–Kier alpha value is -0.960. The zero-order chi connectivity index (χ0) is 16.3. The summed E-state index contributed by atoms with van der Waals surface area (Å²) in [5, 5.41) is -0.198. The summed E-state index contributed by atoms with van der Waals surface area (Å²) in [7, 11) is -3.82. The molecule has 3 N–H and O–H groups in total. The summed E-state index contributed by atoms with van der Waals surface area (Å²) < 4.78 is 55.7. The van der Waals surface area contributed by atoms with Crippen LogP contribution < -0.4 is 15.2 Å². The van der Waals surface area contributed by atoms with Crippen LogP contribution in [0.5, 0.6) is 5.75 Å². The predicted octanol–water partition coefficient (Wildman–Crippen LogP) is 2.49. The Morgan fingerprint density at radius 2 is 2.00 bits per heavy atom. The second kappa shape index (κ2) is 7.08. The molecule has 1 aromatic carbocycles. The number of ether oxygens (including phenoxy) is 1. The molecule has 2 atom stereocenters. The number of sulfonamides is 1. The van der Waals surface area contributed by atoms with Crippen molar-refractivity contribution in [1.29, 1.82) is 0 Å². The van der Waals surface area contributed by atoms with Crippen LogP contribution in [0, 0.1) is 0 Å². The van der Waals surface area contributed by atoms with E-state index in [1.165, 1.54) is 6.07 Å². The van der Waals surface area contributed by atoms with E-state index in [4.69, 9.17) is 17.3 Å². The van der Waals surface area contributed by atoms with Crippen molar-refractivity contribution in [2.75, 3.05) is 0 Å². The summed E-state index contributed by atoms with van der Waals surface area (Å²) in [5.74, 6) is -0.273. The Balaban J connectivity index is 2.17. The molecule has 0 amide bonds. The van der Waals surface area contributed by atoms with Gasteiger partial charge in [-0.15, -0.1) is 0 Å². The normalized spacial score (nSPS) is 22.8. The molecule has 0 spiro atoms. The van der Waals surface area contributed by atoms with E-state index in [1.54, 1.807) is 0 Å². The van der Waals surface area contributed by atoms with Gasteiger partial charge in [-0.05, 0) is 31.0 Å². The van der Waals surface area contributed by atoms with Gasteiger partial charge in [0.25, 0.3) is 0 Å². The molecule has 1 aromatic rings. The lowest BCUT2D eigenvalue weighted by Gasteiger charge is -2.29. The van der Waals surface area contributed by atoms with Gasteiger partial charge in [0, 0.05) is 12.1 Å². The van der Waals surface area contributed by atoms with E-state index in [-0.39, 0.29) is 27.8 Å². The van der Waals surface area contributed by atoms with Crippen molar-refractivity contribution < 1.29 is 21.9 Å². The van der Waals surface area contributed by atoms with Gasteiger partial charge in [-0.25, -0.2) is 13.1 Å². The molecule has 22 heavy (non-hydrogen) atoms. The average molecular weight is 355 g/mol. The minimum absolute atomic E-state index is 0.114. The molecule has 0 unspecified atom stereocenters. The van der Waals surface area contributed by atoms with Gasteiger partial charge >= 0.3 is 6.61 Å². The summed E-state index contributed by atoms with van der Waals surface area (Å²) in [6, 6.07) is 2.77. The number of halogens is 3.